The van der Waals surface area contributed by atoms with Gasteiger partial charge in [-0.1, -0.05) is 0 Å². The summed E-state index contributed by atoms with van der Waals surface area (Å²) in [6, 6.07) is 1.16. The van der Waals surface area contributed by atoms with E-state index in [1.165, 1.54) is 11.9 Å². The van der Waals surface area contributed by atoms with Crippen molar-refractivity contribution in [1.29, 1.82) is 5.26 Å². The number of likely N-dealkylation sites (N-methyl/N-ethyl adjacent to an activating group) is 1. The molecule has 3 rings (SSSR count). The molecule has 1 atom stereocenters. The standard InChI is InChI=1S/C16H18N6O2/c1-9(16(24)22(2)6-5-17)20-15(23)11-7-18-14-13(11)21-12(8-19-14)10-3-4-10/h7-10H,3-4,6H2,1-2H3,(H,18,19)(H,20,23)/t9-/m1/s1. The van der Waals surface area contributed by atoms with Crippen molar-refractivity contribution in [2.75, 3.05) is 13.6 Å². The minimum absolute atomic E-state index is 0.0254. The molecule has 0 saturated heterocycles. The van der Waals surface area contributed by atoms with E-state index in [1.54, 1.807) is 19.3 Å². The first-order valence-corrected chi connectivity index (χ1v) is 7.78. The normalized spacial score (nSPS) is 14.9. The number of hydrogen-bond acceptors (Lipinski definition) is 5. The van der Waals surface area contributed by atoms with Gasteiger partial charge in [0.2, 0.25) is 5.91 Å². The van der Waals surface area contributed by atoms with E-state index in [0.29, 0.717) is 22.6 Å². The zero-order valence-corrected chi connectivity index (χ0v) is 13.5. The van der Waals surface area contributed by atoms with Gasteiger partial charge in [0, 0.05) is 19.2 Å². The maximum Gasteiger partial charge on any atom is 0.255 e. The van der Waals surface area contributed by atoms with E-state index in [2.05, 4.69) is 20.3 Å². The zero-order valence-electron chi connectivity index (χ0n) is 13.5. The van der Waals surface area contributed by atoms with Crippen LogP contribution >= 0.6 is 0 Å². The van der Waals surface area contributed by atoms with Gasteiger partial charge >= 0.3 is 0 Å². The van der Waals surface area contributed by atoms with Gasteiger partial charge in [-0.2, -0.15) is 5.26 Å². The number of hydrogen-bond donors (Lipinski definition) is 2. The first kappa shape index (κ1) is 15.9. The van der Waals surface area contributed by atoms with Crippen LogP contribution in [0.25, 0.3) is 11.2 Å². The maximum atomic E-state index is 12.5. The molecule has 0 unspecified atom stereocenters. The Morgan fingerprint density at radius 2 is 2.29 bits per heavy atom. The van der Waals surface area contributed by atoms with Crippen LogP contribution in [0.3, 0.4) is 0 Å². The van der Waals surface area contributed by atoms with Crippen molar-refractivity contribution in [3.05, 3.63) is 23.7 Å². The number of nitriles is 1. The number of nitrogens with zero attached hydrogens (tertiary/aromatic N) is 4. The van der Waals surface area contributed by atoms with Gasteiger partial charge in [-0.25, -0.2) is 9.97 Å². The molecule has 2 amide bonds. The van der Waals surface area contributed by atoms with Crippen LogP contribution < -0.4 is 5.32 Å². The molecule has 1 saturated carbocycles. The van der Waals surface area contributed by atoms with E-state index >= 15 is 0 Å². The van der Waals surface area contributed by atoms with Crippen molar-refractivity contribution in [3.63, 3.8) is 0 Å². The van der Waals surface area contributed by atoms with Crippen molar-refractivity contribution >= 4 is 23.0 Å². The number of aromatic nitrogens is 3. The highest BCUT2D eigenvalue weighted by molar-refractivity contribution is 6.05. The van der Waals surface area contributed by atoms with E-state index in [4.69, 9.17) is 5.26 Å². The lowest BCUT2D eigenvalue weighted by Gasteiger charge is -2.19. The smallest absolute Gasteiger partial charge is 0.255 e. The monoisotopic (exact) mass is 326 g/mol. The number of H-pyrrole nitrogens is 1. The molecule has 1 fully saturated rings. The molecule has 0 spiro atoms. The van der Waals surface area contributed by atoms with Gasteiger partial charge in [-0.15, -0.1) is 0 Å². The third-order valence-corrected chi connectivity index (χ3v) is 4.04. The Labute approximate surface area is 138 Å². The Bertz CT molecular complexity index is 833. The second-order valence-electron chi connectivity index (χ2n) is 6.02. The van der Waals surface area contributed by atoms with Crippen molar-refractivity contribution in [3.8, 4) is 6.07 Å². The molecule has 2 aromatic rings. The largest absolute Gasteiger partial charge is 0.344 e. The van der Waals surface area contributed by atoms with E-state index in [0.717, 1.165) is 18.5 Å². The predicted octanol–water partition coefficient (Wildman–Crippen LogP) is 0.936. The molecule has 2 heterocycles. The third kappa shape index (κ3) is 3.06. The van der Waals surface area contributed by atoms with Crippen molar-refractivity contribution in [1.82, 2.24) is 25.2 Å². The SMILES string of the molecule is C[C@@H](NC(=O)c1c[nH]c2ncc(C3CC3)nc12)C(=O)N(C)CC#N. The van der Waals surface area contributed by atoms with Gasteiger partial charge < -0.3 is 15.2 Å². The molecule has 8 heteroatoms. The van der Waals surface area contributed by atoms with E-state index < -0.39 is 11.9 Å². The van der Waals surface area contributed by atoms with E-state index in [9.17, 15) is 9.59 Å². The molecule has 0 aliphatic heterocycles. The average Bonchev–Trinajstić information content (AvgIpc) is 3.33. The topological polar surface area (TPSA) is 115 Å². The molecular formula is C16H18N6O2. The Morgan fingerprint density at radius 1 is 1.54 bits per heavy atom. The summed E-state index contributed by atoms with van der Waals surface area (Å²) in [7, 11) is 1.52. The minimum atomic E-state index is -0.736. The molecule has 2 aromatic heterocycles. The average molecular weight is 326 g/mol. The summed E-state index contributed by atoms with van der Waals surface area (Å²) in [4.78, 5) is 37.6. The number of nitrogens with one attached hydrogen (secondary N) is 2. The lowest BCUT2D eigenvalue weighted by molar-refractivity contribution is -0.130. The summed E-state index contributed by atoms with van der Waals surface area (Å²) in [5, 5.41) is 11.3. The van der Waals surface area contributed by atoms with Crippen LogP contribution in [0, 0.1) is 11.3 Å². The number of carbonyl (C=O) groups excluding carboxylic acids is 2. The van der Waals surface area contributed by atoms with Crippen LogP contribution in [0.5, 0.6) is 0 Å². The number of carbonyl (C=O) groups is 2. The van der Waals surface area contributed by atoms with Gasteiger partial charge in [0.25, 0.3) is 5.91 Å². The van der Waals surface area contributed by atoms with Crippen LogP contribution in [0.1, 0.15) is 41.7 Å². The molecule has 1 aliphatic carbocycles. The molecule has 8 nitrogen and oxygen atoms in total. The quantitative estimate of drug-likeness (QED) is 0.793. The van der Waals surface area contributed by atoms with E-state index in [-0.39, 0.29) is 12.5 Å². The van der Waals surface area contributed by atoms with Gasteiger partial charge in [0.05, 0.1) is 23.5 Å². The molecule has 124 valence electrons. The van der Waals surface area contributed by atoms with Crippen LogP contribution in [0.2, 0.25) is 0 Å². The Kier molecular flexibility index (Phi) is 4.16. The summed E-state index contributed by atoms with van der Waals surface area (Å²) in [5.74, 6) is -0.281. The van der Waals surface area contributed by atoms with Gasteiger partial charge in [-0.05, 0) is 19.8 Å². The molecule has 1 aliphatic rings. The van der Waals surface area contributed by atoms with Gasteiger partial charge in [0.1, 0.15) is 18.1 Å². The maximum absolute atomic E-state index is 12.5. The zero-order chi connectivity index (χ0) is 17.3. The second-order valence-corrected chi connectivity index (χ2v) is 6.02. The summed E-state index contributed by atoms with van der Waals surface area (Å²) < 4.78 is 0. The fraction of sp³-hybridized carbons (Fsp3) is 0.438. The number of amides is 2. The van der Waals surface area contributed by atoms with Crippen molar-refractivity contribution in [2.45, 2.75) is 31.7 Å². The molecular weight excluding hydrogens is 308 g/mol. The summed E-state index contributed by atoms with van der Waals surface area (Å²) in [5.41, 5.74) is 2.32. The van der Waals surface area contributed by atoms with Crippen LogP contribution in [-0.4, -0.2) is 51.3 Å². The summed E-state index contributed by atoms with van der Waals surface area (Å²) in [6.07, 6.45) is 5.49. The van der Waals surface area contributed by atoms with Crippen molar-refractivity contribution in [2.24, 2.45) is 0 Å². The summed E-state index contributed by atoms with van der Waals surface area (Å²) >= 11 is 0. The molecule has 24 heavy (non-hydrogen) atoms. The number of fused-ring (bicyclic) bond motifs is 1. The van der Waals surface area contributed by atoms with Crippen LogP contribution in [0.4, 0.5) is 0 Å². The summed E-state index contributed by atoms with van der Waals surface area (Å²) in [6.45, 7) is 1.56. The minimum Gasteiger partial charge on any atom is -0.344 e. The van der Waals surface area contributed by atoms with Crippen LogP contribution in [0.15, 0.2) is 12.4 Å². The predicted molar refractivity (Wildman–Crippen MR) is 86.0 cm³/mol. The fourth-order valence-corrected chi connectivity index (χ4v) is 2.50. The lowest BCUT2D eigenvalue weighted by Crippen LogP contribution is -2.45. The molecule has 2 N–H and O–H groups in total. The Morgan fingerprint density at radius 3 is 2.96 bits per heavy atom. The van der Waals surface area contributed by atoms with Crippen molar-refractivity contribution < 1.29 is 9.59 Å². The fourth-order valence-electron chi connectivity index (χ4n) is 2.50. The molecule has 0 radical (unpaired) electrons. The first-order valence-electron chi connectivity index (χ1n) is 7.78. The van der Waals surface area contributed by atoms with Gasteiger partial charge in [0.15, 0.2) is 5.65 Å². The Balaban J connectivity index is 1.77. The number of aromatic amines is 1. The molecule has 0 aromatic carbocycles. The lowest BCUT2D eigenvalue weighted by atomic mass is 10.2. The van der Waals surface area contributed by atoms with Gasteiger partial charge in [-0.3, -0.25) is 9.59 Å². The highest BCUT2D eigenvalue weighted by atomic mass is 16.2. The molecule has 0 bridgehead atoms. The van der Waals surface area contributed by atoms with Crippen LogP contribution in [-0.2, 0) is 4.79 Å². The highest BCUT2D eigenvalue weighted by Gasteiger charge is 2.27. The highest BCUT2D eigenvalue weighted by Crippen LogP contribution is 2.39. The third-order valence-electron chi connectivity index (χ3n) is 4.04. The second kappa shape index (κ2) is 6.28. The number of rotatable bonds is 5. The van der Waals surface area contributed by atoms with E-state index in [1.807, 2.05) is 6.07 Å². The first-order chi connectivity index (χ1) is 11.5. The Hall–Kier alpha value is -2.95.